The zero-order valence-electron chi connectivity index (χ0n) is 10.5. The third kappa shape index (κ3) is 5.42. The summed E-state index contributed by atoms with van der Waals surface area (Å²) in [5.74, 6) is 0.905. The van der Waals surface area contributed by atoms with Gasteiger partial charge in [0.1, 0.15) is 0 Å². The maximum atomic E-state index is 11.8. The van der Waals surface area contributed by atoms with Crippen molar-refractivity contribution in [3.63, 3.8) is 0 Å². The molecule has 2 atom stereocenters. The molecule has 0 fully saturated rings. The van der Waals surface area contributed by atoms with Crippen LogP contribution in [0.5, 0.6) is 0 Å². The SMILES string of the molecule is CCC(CSC)NC(=O)[C@H](N)C(C)(C)C. The quantitative estimate of drug-likeness (QED) is 0.757. The first-order valence-corrected chi connectivity index (χ1v) is 6.77. The van der Waals surface area contributed by atoms with Gasteiger partial charge in [-0.15, -0.1) is 0 Å². The first kappa shape index (κ1) is 14.8. The number of thioether (sulfide) groups is 1. The van der Waals surface area contributed by atoms with Crippen molar-refractivity contribution in [2.75, 3.05) is 12.0 Å². The molecule has 0 aromatic carbocycles. The third-order valence-corrected chi connectivity index (χ3v) is 3.16. The van der Waals surface area contributed by atoms with Gasteiger partial charge in [-0.1, -0.05) is 27.7 Å². The summed E-state index contributed by atoms with van der Waals surface area (Å²) in [7, 11) is 0. The van der Waals surface area contributed by atoms with E-state index in [1.54, 1.807) is 11.8 Å². The van der Waals surface area contributed by atoms with Gasteiger partial charge in [0.25, 0.3) is 0 Å². The number of rotatable bonds is 5. The summed E-state index contributed by atoms with van der Waals surface area (Å²) in [6, 6.07) is -0.200. The lowest BCUT2D eigenvalue weighted by atomic mass is 9.87. The summed E-state index contributed by atoms with van der Waals surface area (Å²) < 4.78 is 0. The summed E-state index contributed by atoms with van der Waals surface area (Å²) >= 11 is 1.74. The highest BCUT2D eigenvalue weighted by Gasteiger charge is 2.28. The van der Waals surface area contributed by atoms with E-state index < -0.39 is 6.04 Å². The highest BCUT2D eigenvalue weighted by molar-refractivity contribution is 7.98. The molecule has 4 heteroatoms. The minimum absolute atomic E-state index is 0.0385. The number of carbonyl (C=O) groups is 1. The van der Waals surface area contributed by atoms with Crippen molar-refractivity contribution in [1.82, 2.24) is 5.32 Å². The van der Waals surface area contributed by atoms with E-state index in [2.05, 4.69) is 12.2 Å². The summed E-state index contributed by atoms with van der Waals surface area (Å²) in [6.07, 6.45) is 2.99. The van der Waals surface area contributed by atoms with Crippen molar-refractivity contribution in [2.24, 2.45) is 11.1 Å². The van der Waals surface area contributed by atoms with Crippen LogP contribution in [-0.2, 0) is 4.79 Å². The van der Waals surface area contributed by atoms with Gasteiger partial charge in [0, 0.05) is 11.8 Å². The molecular formula is C11H24N2OS. The lowest BCUT2D eigenvalue weighted by Crippen LogP contribution is -2.51. The Morgan fingerprint density at radius 2 is 2.00 bits per heavy atom. The summed E-state index contributed by atoms with van der Waals surface area (Å²) in [4.78, 5) is 11.8. The maximum Gasteiger partial charge on any atom is 0.237 e. The van der Waals surface area contributed by atoms with Crippen LogP contribution in [0.3, 0.4) is 0 Å². The van der Waals surface area contributed by atoms with E-state index in [1.807, 2.05) is 27.0 Å². The smallest absolute Gasteiger partial charge is 0.237 e. The molecule has 0 aliphatic carbocycles. The zero-order chi connectivity index (χ0) is 12.1. The number of carbonyl (C=O) groups excluding carboxylic acids is 1. The highest BCUT2D eigenvalue weighted by Crippen LogP contribution is 2.17. The molecule has 15 heavy (non-hydrogen) atoms. The number of nitrogens with one attached hydrogen (secondary N) is 1. The van der Waals surface area contributed by atoms with Crippen molar-refractivity contribution in [2.45, 2.75) is 46.2 Å². The molecule has 0 aliphatic rings. The van der Waals surface area contributed by atoms with E-state index in [4.69, 9.17) is 5.73 Å². The van der Waals surface area contributed by atoms with Gasteiger partial charge in [0.05, 0.1) is 6.04 Å². The lowest BCUT2D eigenvalue weighted by molar-refractivity contribution is -0.125. The van der Waals surface area contributed by atoms with E-state index in [0.29, 0.717) is 0 Å². The second-order valence-corrected chi connectivity index (χ2v) is 5.82. The molecule has 0 saturated carbocycles. The maximum absolute atomic E-state index is 11.8. The minimum Gasteiger partial charge on any atom is -0.351 e. The summed E-state index contributed by atoms with van der Waals surface area (Å²) in [5.41, 5.74) is 5.70. The average Bonchev–Trinajstić information content (AvgIpc) is 2.14. The Hall–Kier alpha value is -0.220. The molecule has 0 radical (unpaired) electrons. The van der Waals surface area contributed by atoms with Crippen LogP contribution in [0.4, 0.5) is 0 Å². The third-order valence-electron chi connectivity index (χ3n) is 2.42. The fourth-order valence-corrected chi connectivity index (χ4v) is 1.87. The van der Waals surface area contributed by atoms with Crippen LogP contribution in [-0.4, -0.2) is 30.0 Å². The van der Waals surface area contributed by atoms with Gasteiger partial charge < -0.3 is 11.1 Å². The van der Waals surface area contributed by atoms with Gasteiger partial charge in [-0.05, 0) is 18.1 Å². The van der Waals surface area contributed by atoms with Crippen LogP contribution in [0.1, 0.15) is 34.1 Å². The minimum atomic E-state index is -0.437. The summed E-state index contributed by atoms with van der Waals surface area (Å²) in [5, 5.41) is 2.99. The molecule has 0 heterocycles. The van der Waals surface area contributed by atoms with Crippen LogP contribution in [0.25, 0.3) is 0 Å². The van der Waals surface area contributed by atoms with Gasteiger partial charge in [-0.3, -0.25) is 4.79 Å². The molecular weight excluding hydrogens is 208 g/mol. The highest BCUT2D eigenvalue weighted by atomic mass is 32.2. The Kier molecular flexibility index (Phi) is 6.29. The Labute approximate surface area is 97.6 Å². The average molecular weight is 232 g/mol. The predicted octanol–water partition coefficient (Wildman–Crippen LogP) is 1.62. The van der Waals surface area contributed by atoms with Crippen LogP contribution >= 0.6 is 11.8 Å². The molecule has 0 rings (SSSR count). The molecule has 1 amide bonds. The molecule has 0 bridgehead atoms. The van der Waals surface area contributed by atoms with Crippen molar-refractivity contribution < 1.29 is 4.79 Å². The number of amides is 1. The van der Waals surface area contributed by atoms with E-state index in [1.165, 1.54) is 0 Å². The lowest BCUT2D eigenvalue weighted by Gasteiger charge is -2.27. The van der Waals surface area contributed by atoms with Gasteiger partial charge in [-0.2, -0.15) is 11.8 Å². The van der Waals surface area contributed by atoms with Crippen molar-refractivity contribution in [3.05, 3.63) is 0 Å². The molecule has 90 valence electrons. The first-order valence-electron chi connectivity index (χ1n) is 5.37. The summed E-state index contributed by atoms with van der Waals surface area (Å²) in [6.45, 7) is 8.01. The first-order chi connectivity index (χ1) is 6.82. The van der Waals surface area contributed by atoms with Crippen LogP contribution < -0.4 is 11.1 Å². The van der Waals surface area contributed by atoms with Crippen LogP contribution in [0.2, 0.25) is 0 Å². The molecule has 0 aromatic rings. The Morgan fingerprint density at radius 3 is 2.33 bits per heavy atom. The second-order valence-electron chi connectivity index (χ2n) is 4.91. The number of nitrogens with two attached hydrogens (primary N) is 1. The molecule has 1 unspecified atom stereocenters. The predicted molar refractivity (Wildman–Crippen MR) is 68.0 cm³/mol. The fraction of sp³-hybridized carbons (Fsp3) is 0.909. The molecule has 0 aromatic heterocycles. The van der Waals surface area contributed by atoms with E-state index in [0.717, 1.165) is 12.2 Å². The van der Waals surface area contributed by atoms with Crippen LogP contribution in [0.15, 0.2) is 0 Å². The molecule has 0 spiro atoms. The number of hydrogen-bond acceptors (Lipinski definition) is 3. The molecule has 3 nitrogen and oxygen atoms in total. The zero-order valence-corrected chi connectivity index (χ0v) is 11.3. The van der Waals surface area contributed by atoms with Gasteiger partial charge in [0.15, 0.2) is 0 Å². The fourth-order valence-electron chi connectivity index (χ4n) is 1.15. The Bertz CT molecular complexity index is 201. The van der Waals surface area contributed by atoms with Crippen molar-refractivity contribution in [3.8, 4) is 0 Å². The van der Waals surface area contributed by atoms with Crippen molar-refractivity contribution >= 4 is 17.7 Å². The van der Waals surface area contributed by atoms with Crippen molar-refractivity contribution in [1.29, 1.82) is 0 Å². The molecule has 0 saturated heterocycles. The normalized spacial score (nSPS) is 15.9. The van der Waals surface area contributed by atoms with Crippen LogP contribution in [0, 0.1) is 5.41 Å². The monoisotopic (exact) mass is 232 g/mol. The van der Waals surface area contributed by atoms with Gasteiger partial charge in [-0.25, -0.2) is 0 Å². The molecule has 0 aliphatic heterocycles. The van der Waals surface area contributed by atoms with Gasteiger partial charge >= 0.3 is 0 Å². The second kappa shape index (κ2) is 6.38. The number of hydrogen-bond donors (Lipinski definition) is 2. The molecule has 3 N–H and O–H groups in total. The largest absolute Gasteiger partial charge is 0.351 e. The van der Waals surface area contributed by atoms with E-state index >= 15 is 0 Å². The van der Waals surface area contributed by atoms with E-state index in [9.17, 15) is 4.79 Å². The Balaban J connectivity index is 4.22. The standard InChI is InChI=1S/C11H24N2OS/c1-6-8(7-15-5)13-10(14)9(12)11(2,3)4/h8-9H,6-7,12H2,1-5H3,(H,13,14)/t8?,9-/m0/s1. The van der Waals surface area contributed by atoms with Gasteiger partial charge in [0.2, 0.25) is 5.91 Å². The topological polar surface area (TPSA) is 55.1 Å². The Morgan fingerprint density at radius 1 is 1.47 bits per heavy atom. The van der Waals surface area contributed by atoms with E-state index in [-0.39, 0.29) is 17.4 Å².